The molecule has 0 unspecified atom stereocenters. The Hall–Kier alpha value is -4.46. The molecule has 4 rings (SSSR count). The van der Waals surface area contributed by atoms with Crippen molar-refractivity contribution in [3.63, 3.8) is 0 Å². The number of nitrogens with zero attached hydrogens (tertiary/aromatic N) is 2. The van der Waals surface area contributed by atoms with Crippen LogP contribution < -0.4 is 9.64 Å². The number of carbonyl (C=O) groups is 4. The summed E-state index contributed by atoms with van der Waals surface area (Å²) in [5, 5.41) is 9.40. The number of para-hydroxylation sites is 3. The third kappa shape index (κ3) is 4.06. The molecule has 8 heteroatoms. The van der Waals surface area contributed by atoms with Crippen molar-refractivity contribution in [2.24, 2.45) is 0 Å². The highest BCUT2D eigenvalue weighted by atomic mass is 16.5. The second kappa shape index (κ2) is 8.73. The minimum absolute atomic E-state index is 0.209. The smallest absolute Gasteiger partial charge is 0.323 e. The van der Waals surface area contributed by atoms with Gasteiger partial charge >= 0.3 is 5.97 Å². The van der Waals surface area contributed by atoms with E-state index in [2.05, 4.69) is 0 Å². The van der Waals surface area contributed by atoms with Gasteiger partial charge in [-0.2, -0.15) is 0 Å². The number of imide groups is 1. The third-order valence-corrected chi connectivity index (χ3v) is 4.89. The molecule has 0 bridgehead atoms. The van der Waals surface area contributed by atoms with Crippen LogP contribution in [0.4, 0.5) is 5.69 Å². The van der Waals surface area contributed by atoms with E-state index < -0.39 is 36.8 Å². The average molecular weight is 430 g/mol. The minimum atomic E-state index is -1.25. The van der Waals surface area contributed by atoms with Gasteiger partial charge in [0.15, 0.2) is 5.75 Å². The van der Waals surface area contributed by atoms with Gasteiger partial charge in [0.25, 0.3) is 11.8 Å². The molecule has 0 atom stereocenters. The summed E-state index contributed by atoms with van der Waals surface area (Å²) in [5.74, 6) is -2.41. The van der Waals surface area contributed by atoms with E-state index in [0.29, 0.717) is 5.75 Å². The van der Waals surface area contributed by atoms with Crippen molar-refractivity contribution in [3.8, 4) is 11.5 Å². The molecule has 0 aromatic heterocycles. The largest absolute Gasteiger partial charge is 0.480 e. The number of amides is 3. The highest BCUT2D eigenvalue weighted by Crippen LogP contribution is 2.32. The maximum Gasteiger partial charge on any atom is 0.323 e. The van der Waals surface area contributed by atoms with Crippen LogP contribution in [0.2, 0.25) is 0 Å². The molecule has 1 N–H and O–H groups in total. The van der Waals surface area contributed by atoms with Crippen molar-refractivity contribution >= 4 is 29.4 Å². The van der Waals surface area contributed by atoms with Gasteiger partial charge < -0.3 is 9.84 Å². The van der Waals surface area contributed by atoms with Gasteiger partial charge in [-0.1, -0.05) is 42.5 Å². The number of benzene rings is 3. The van der Waals surface area contributed by atoms with Gasteiger partial charge in [0, 0.05) is 0 Å². The molecule has 3 amide bonds. The summed E-state index contributed by atoms with van der Waals surface area (Å²) in [6.45, 7) is -1.27. The van der Waals surface area contributed by atoms with Gasteiger partial charge in [-0.3, -0.25) is 29.0 Å². The Kier molecular flexibility index (Phi) is 5.67. The van der Waals surface area contributed by atoms with Crippen molar-refractivity contribution < 1.29 is 29.0 Å². The molecule has 160 valence electrons. The maximum absolute atomic E-state index is 13.1. The summed E-state index contributed by atoms with van der Waals surface area (Å²) in [6, 6.07) is 21.6. The highest BCUT2D eigenvalue weighted by molar-refractivity contribution is 6.22. The molecule has 3 aromatic carbocycles. The molecule has 0 saturated carbocycles. The van der Waals surface area contributed by atoms with Crippen LogP contribution in [0.1, 0.15) is 20.7 Å². The first kappa shape index (κ1) is 20.8. The number of hydrogen-bond acceptors (Lipinski definition) is 5. The van der Waals surface area contributed by atoms with Crippen LogP contribution in [0.15, 0.2) is 78.9 Å². The summed E-state index contributed by atoms with van der Waals surface area (Å²) >= 11 is 0. The zero-order valence-corrected chi connectivity index (χ0v) is 16.8. The molecule has 1 heterocycles. The molecule has 0 radical (unpaired) electrons. The fourth-order valence-corrected chi connectivity index (χ4v) is 3.43. The highest BCUT2D eigenvalue weighted by Gasteiger charge is 2.37. The number of fused-ring (bicyclic) bond motifs is 1. The second-order valence-electron chi connectivity index (χ2n) is 7.00. The molecule has 3 aromatic rings. The number of carbonyl (C=O) groups excluding carboxylic acids is 3. The van der Waals surface area contributed by atoms with E-state index in [4.69, 9.17) is 4.74 Å². The Labute approximate surface area is 183 Å². The van der Waals surface area contributed by atoms with E-state index in [1.54, 1.807) is 60.7 Å². The molecule has 0 saturated heterocycles. The van der Waals surface area contributed by atoms with Crippen molar-refractivity contribution in [1.29, 1.82) is 0 Å². The molecular formula is C24H18N2O6. The standard InChI is InChI=1S/C24H18N2O6/c27-21(14-26-23(30)17-10-4-5-11-18(17)24(26)31)25(15-22(28)29)19-12-6-7-13-20(19)32-16-8-2-1-3-9-16/h1-13H,14-15H2,(H,28,29). The van der Waals surface area contributed by atoms with E-state index in [0.717, 1.165) is 9.80 Å². The fraction of sp³-hybridized carbons (Fsp3) is 0.0833. The zero-order valence-electron chi connectivity index (χ0n) is 16.8. The lowest BCUT2D eigenvalue weighted by Crippen LogP contribution is -2.44. The van der Waals surface area contributed by atoms with E-state index in [1.165, 1.54) is 12.1 Å². The SMILES string of the molecule is O=C(O)CN(C(=O)CN1C(=O)c2ccccc2C1=O)c1ccccc1Oc1ccccc1. The van der Waals surface area contributed by atoms with E-state index in [9.17, 15) is 24.3 Å². The Bertz CT molecular complexity index is 1170. The number of anilines is 1. The Morgan fingerprint density at radius 1 is 0.812 bits per heavy atom. The van der Waals surface area contributed by atoms with Crippen LogP contribution in [0, 0.1) is 0 Å². The Morgan fingerprint density at radius 2 is 1.38 bits per heavy atom. The van der Waals surface area contributed by atoms with Crippen LogP contribution in [0.5, 0.6) is 11.5 Å². The van der Waals surface area contributed by atoms with Gasteiger partial charge in [0.2, 0.25) is 5.91 Å². The first-order valence-electron chi connectivity index (χ1n) is 9.75. The van der Waals surface area contributed by atoms with Crippen LogP contribution in [0.3, 0.4) is 0 Å². The molecule has 0 fully saturated rings. The minimum Gasteiger partial charge on any atom is -0.480 e. The van der Waals surface area contributed by atoms with E-state index in [1.807, 2.05) is 6.07 Å². The monoisotopic (exact) mass is 430 g/mol. The molecule has 1 aliphatic rings. The molecular weight excluding hydrogens is 412 g/mol. The first-order chi connectivity index (χ1) is 15.5. The topological polar surface area (TPSA) is 104 Å². The maximum atomic E-state index is 13.1. The Balaban J connectivity index is 1.63. The van der Waals surface area contributed by atoms with Gasteiger partial charge in [-0.05, 0) is 36.4 Å². The lowest BCUT2D eigenvalue weighted by molar-refractivity contribution is -0.136. The molecule has 0 aliphatic carbocycles. The van der Waals surface area contributed by atoms with E-state index in [-0.39, 0.29) is 22.6 Å². The van der Waals surface area contributed by atoms with Gasteiger partial charge in [-0.25, -0.2) is 0 Å². The quantitative estimate of drug-likeness (QED) is 0.578. The van der Waals surface area contributed by atoms with E-state index >= 15 is 0 Å². The van der Waals surface area contributed by atoms with Crippen molar-refractivity contribution in [2.75, 3.05) is 18.0 Å². The first-order valence-corrected chi connectivity index (χ1v) is 9.75. The number of carboxylic acids is 1. The summed E-state index contributed by atoms with van der Waals surface area (Å²) in [4.78, 5) is 51.7. The Morgan fingerprint density at radius 3 is 2.00 bits per heavy atom. The number of carboxylic acid groups (broad SMARTS) is 1. The summed E-state index contributed by atoms with van der Waals surface area (Å²) in [7, 11) is 0. The zero-order chi connectivity index (χ0) is 22.7. The lowest BCUT2D eigenvalue weighted by atomic mass is 10.1. The predicted octanol–water partition coefficient (Wildman–Crippen LogP) is 3.19. The number of rotatable bonds is 7. The fourth-order valence-electron chi connectivity index (χ4n) is 3.43. The second-order valence-corrected chi connectivity index (χ2v) is 7.00. The summed E-state index contributed by atoms with van der Waals surface area (Å²) in [5.41, 5.74) is 0.631. The lowest BCUT2D eigenvalue weighted by Gasteiger charge is -2.25. The predicted molar refractivity (Wildman–Crippen MR) is 115 cm³/mol. The third-order valence-electron chi connectivity index (χ3n) is 4.89. The van der Waals surface area contributed by atoms with Crippen molar-refractivity contribution in [1.82, 2.24) is 4.90 Å². The van der Waals surface area contributed by atoms with Gasteiger partial charge in [0.05, 0.1) is 16.8 Å². The van der Waals surface area contributed by atoms with Gasteiger partial charge in [-0.15, -0.1) is 0 Å². The summed E-state index contributed by atoms with van der Waals surface area (Å²) < 4.78 is 5.85. The normalized spacial score (nSPS) is 12.4. The van der Waals surface area contributed by atoms with Crippen molar-refractivity contribution in [2.45, 2.75) is 0 Å². The molecule has 0 spiro atoms. The van der Waals surface area contributed by atoms with Gasteiger partial charge in [0.1, 0.15) is 18.8 Å². The number of ether oxygens (including phenoxy) is 1. The molecule has 1 aliphatic heterocycles. The molecule has 8 nitrogen and oxygen atoms in total. The summed E-state index contributed by atoms with van der Waals surface area (Å²) in [6.07, 6.45) is 0. The molecule has 32 heavy (non-hydrogen) atoms. The number of hydrogen-bond donors (Lipinski definition) is 1. The van der Waals surface area contributed by atoms with Crippen LogP contribution in [-0.2, 0) is 9.59 Å². The van der Waals surface area contributed by atoms with Crippen molar-refractivity contribution in [3.05, 3.63) is 90.0 Å². The average Bonchev–Trinajstić information content (AvgIpc) is 3.03. The van der Waals surface area contributed by atoms with Crippen LogP contribution in [-0.4, -0.2) is 46.8 Å². The van der Waals surface area contributed by atoms with Crippen LogP contribution in [0.25, 0.3) is 0 Å². The van der Waals surface area contributed by atoms with Crippen LogP contribution >= 0.6 is 0 Å². The number of aliphatic carboxylic acids is 1.